The second-order valence-corrected chi connectivity index (χ2v) is 9.61. The average molecular weight is 335 g/mol. The molecule has 1 aliphatic heterocycles. The summed E-state index contributed by atoms with van der Waals surface area (Å²) in [6.45, 7) is 2.25. The molecule has 5 aliphatic rings. The molecule has 0 atom stereocenters. The van der Waals surface area contributed by atoms with Crippen LogP contribution in [0.3, 0.4) is 0 Å². The van der Waals surface area contributed by atoms with Crippen molar-refractivity contribution in [3.8, 4) is 0 Å². The van der Waals surface area contributed by atoms with E-state index in [2.05, 4.69) is 0 Å². The van der Waals surface area contributed by atoms with Gasteiger partial charge in [0.05, 0.1) is 6.61 Å². The number of hydrogen-bond acceptors (Lipinski definition) is 3. The van der Waals surface area contributed by atoms with Crippen molar-refractivity contribution in [1.82, 2.24) is 4.90 Å². The molecular weight excluding hydrogens is 302 g/mol. The second kappa shape index (κ2) is 6.28. The SMILES string of the molecule is CN(CC1(CO)CCOCC1)C(=O)CC12CC3CC(CC(C3)C1)C2. The molecule has 24 heavy (non-hydrogen) atoms. The Bertz CT molecular complexity index is 448. The Kier molecular flexibility index (Phi) is 4.41. The van der Waals surface area contributed by atoms with Crippen molar-refractivity contribution in [2.45, 2.75) is 57.8 Å². The van der Waals surface area contributed by atoms with E-state index in [4.69, 9.17) is 4.74 Å². The first kappa shape index (κ1) is 16.8. The minimum Gasteiger partial charge on any atom is -0.396 e. The lowest BCUT2D eigenvalue weighted by molar-refractivity contribution is -0.141. The van der Waals surface area contributed by atoms with E-state index < -0.39 is 0 Å². The summed E-state index contributed by atoms with van der Waals surface area (Å²) in [5, 5.41) is 9.88. The average Bonchev–Trinajstić information content (AvgIpc) is 2.54. The Balaban J connectivity index is 1.39. The third-order valence-electron chi connectivity index (χ3n) is 7.58. The van der Waals surface area contributed by atoms with Crippen LogP contribution in [0, 0.1) is 28.6 Å². The van der Waals surface area contributed by atoms with Gasteiger partial charge in [-0.2, -0.15) is 0 Å². The van der Waals surface area contributed by atoms with Gasteiger partial charge in [0.15, 0.2) is 0 Å². The van der Waals surface area contributed by atoms with E-state index in [1.165, 1.54) is 38.5 Å². The summed E-state index contributed by atoms with van der Waals surface area (Å²) >= 11 is 0. The quantitative estimate of drug-likeness (QED) is 0.840. The van der Waals surface area contributed by atoms with Gasteiger partial charge in [-0.15, -0.1) is 0 Å². The fraction of sp³-hybridized carbons (Fsp3) is 0.950. The van der Waals surface area contributed by atoms with Crippen LogP contribution in [0.1, 0.15) is 57.8 Å². The molecule has 0 aromatic heterocycles. The molecule has 0 radical (unpaired) electrons. The highest BCUT2D eigenvalue weighted by atomic mass is 16.5. The maximum Gasteiger partial charge on any atom is 0.222 e. The largest absolute Gasteiger partial charge is 0.396 e. The molecule has 1 saturated heterocycles. The number of carbonyl (C=O) groups is 1. The first-order valence-corrected chi connectivity index (χ1v) is 9.94. The summed E-state index contributed by atoms with van der Waals surface area (Å²) in [5.41, 5.74) is 0.159. The van der Waals surface area contributed by atoms with Gasteiger partial charge >= 0.3 is 0 Å². The van der Waals surface area contributed by atoms with Crippen LogP contribution in [-0.2, 0) is 9.53 Å². The van der Waals surface area contributed by atoms with Crippen LogP contribution >= 0.6 is 0 Å². The Labute approximate surface area is 145 Å². The van der Waals surface area contributed by atoms with Gasteiger partial charge in [-0.3, -0.25) is 4.79 Å². The highest BCUT2D eigenvalue weighted by Crippen LogP contribution is 2.61. The fourth-order valence-electron chi connectivity index (χ4n) is 6.72. The van der Waals surface area contributed by atoms with Gasteiger partial charge in [-0.1, -0.05) is 0 Å². The van der Waals surface area contributed by atoms with E-state index in [1.54, 1.807) is 0 Å². The molecule has 4 bridgehead atoms. The smallest absolute Gasteiger partial charge is 0.222 e. The maximum atomic E-state index is 13.0. The summed E-state index contributed by atoms with van der Waals surface area (Å²) < 4.78 is 5.45. The monoisotopic (exact) mass is 335 g/mol. The van der Waals surface area contributed by atoms with E-state index in [0.29, 0.717) is 31.1 Å². The van der Waals surface area contributed by atoms with Crippen molar-refractivity contribution in [2.75, 3.05) is 33.4 Å². The molecule has 4 heteroatoms. The Morgan fingerprint density at radius 2 is 1.62 bits per heavy atom. The molecule has 4 aliphatic carbocycles. The Morgan fingerprint density at radius 1 is 1.08 bits per heavy atom. The van der Waals surface area contributed by atoms with Crippen LogP contribution in [0.25, 0.3) is 0 Å². The van der Waals surface area contributed by atoms with Crippen molar-refractivity contribution >= 4 is 5.91 Å². The summed E-state index contributed by atoms with van der Waals surface area (Å²) in [5.74, 6) is 2.99. The van der Waals surface area contributed by atoms with Gasteiger partial charge in [0.25, 0.3) is 0 Å². The number of amides is 1. The van der Waals surface area contributed by atoms with Gasteiger partial charge < -0.3 is 14.7 Å². The third kappa shape index (κ3) is 3.12. The fourth-order valence-corrected chi connectivity index (χ4v) is 6.72. The molecule has 4 saturated carbocycles. The lowest BCUT2D eigenvalue weighted by atomic mass is 9.49. The molecule has 5 rings (SSSR count). The van der Waals surface area contributed by atoms with Crippen molar-refractivity contribution < 1.29 is 14.6 Å². The molecule has 1 N–H and O–H groups in total. The predicted molar refractivity (Wildman–Crippen MR) is 92.4 cm³/mol. The van der Waals surface area contributed by atoms with Crippen molar-refractivity contribution in [3.05, 3.63) is 0 Å². The standard InChI is InChI=1S/C20H33NO3/c1-21(13-19(14-22)2-4-24-5-3-19)18(23)12-20-9-15-6-16(10-20)8-17(7-15)11-20/h15-17,22H,2-14H2,1H3. The third-order valence-corrected chi connectivity index (χ3v) is 7.58. The predicted octanol–water partition coefficient (Wildman–Crippen LogP) is 2.84. The molecule has 0 aromatic rings. The number of hydrogen-bond donors (Lipinski definition) is 1. The molecule has 1 heterocycles. The lowest BCUT2D eigenvalue weighted by Gasteiger charge is -2.57. The van der Waals surface area contributed by atoms with Crippen LogP contribution in [-0.4, -0.2) is 49.3 Å². The van der Waals surface area contributed by atoms with Gasteiger partial charge in [0, 0.05) is 38.6 Å². The first-order chi connectivity index (χ1) is 11.5. The van der Waals surface area contributed by atoms with E-state index in [1.807, 2.05) is 11.9 Å². The highest BCUT2D eigenvalue weighted by molar-refractivity contribution is 5.76. The number of aliphatic hydroxyl groups excluding tert-OH is 1. The first-order valence-electron chi connectivity index (χ1n) is 9.94. The normalized spacial score (nSPS) is 39.8. The van der Waals surface area contributed by atoms with Gasteiger partial charge in [-0.25, -0.2) is 0 Å². The highest BCUT2D eigenvalue weighted by Gasteiger charge is 2.51. The number of carbonyl (C=O) groups excluding carboxylic acids is 1. The Hall–Kier alpha value is -0.610. The molecule has 0 spiro atoms. The van der Waals surface area contributed by atoms with Crippen LogP contribution in [0.4, 0.5) is 0 Å². The second-order valence-electron chi connectivity index (χ2n) is 9.61. The molecule has 0 unspecified atom stereocenters. The minimum absolute atomic E-state index is 0.149. The molecule has 1 amide bonds. The minimum atomic E-state index is -0.149. The zero-order valence-corrected chi connectivity index (χ0v) is 15.1. The summed E-state index contributed by atoms with van der Waals surface area (Å²) in [6.07, 6.45) is 10.6. The molecule has 0 aromatic carbocycles. The van der Waals surface area contributed by atoms with E-state index in [-0.39, 0.29) is 12.0 Å². The summed E-state index contributed by atoms with van der Waals surface area (Å²) in [7, 11) is 1.94. The van der Waals surface area contributed by atoms with Crippen LogP contribution in [0.5, 0.6) is 0 Å². The van der Waals surface area contributed by atoms with Gasteiger partial charge in [0.2, 0.25) is 5.91 Å². The van der Waals surface area contributed by atoms with Crippen LogP contribution in [0.15, 0.2) is 0 Å². The van der Waals surface area contributed by atoms with Crippen molar-refractivity contribution in [3.63, 3.8) is 0 Å². The summed E-state index contributed by atoms with van der Waals surface area (Å²) in [6, 6.07) is 0. The lowest BCUT2D eigenvalue weighted by Crippen LogP contribution is -2.49. The van der Waals surface area contributed by atoms with Crippen molar-refractivity contribution in [2.24, 2.45) is 28.6 Å². The molecule has 4 nitrogen and oxygen atoms in total. The molecule has 5 fully saturated rings. The number of nitrogens with zero attached hydrogens (tertiary/aromatic N) is 1. The van der Waals surface area contributed by atoms with Gasteiger partial charge in [0.1, 0.15) is 0 Å². The molecular formula is C20H33NO3. The maximum absolute atomic E-state index is 13.0. The number of aliphatic hydroxyl groups is 1. The summed E-state index contributed by atoms with van der Waals surface area (Å²) in [4.78, 5) is 14.9. The topological polar surface area (TPSA) is 49.8 Å². The van der Waals surface area contributed by atoms with Crippen LogP contribution in [0.2, 0.25) is 0 Å². The van der Waals surface area contributed by atoms with Crippen LogP contribution < -0.4 is 0 Å². The number of rotatable bonds is 5. The van der Waals surface area contributed by atoms with Crippen molar-refractivity contribution in [1.29, 1.82) is 0 Å². The Morgan fingerprint density at radius 3 is 2.12 bits per heavy atom. The zero-order valence-electron chi connectivity index (χ0n) is 15.1. The zero-order chi connectivity index (χ0) is 16.8. The van der Waals surface area contributed by atoms with E-state index in [9.17, 15) is 9.90 Å². The van der Waals surface area contributed by atoms with E-state index in [0.717, 1.165) is 37.0 Å². The van der Waals surface area contributed by atoms with Gasteiger partial charge in [-0.05, 0) is 74.5 Å². The molecule has 136 valence electrons. The number of ether oxygens (including phenoxy) is 1. The van der Waals surface area contributed by atoms with E-state index >= 15 is 0 Å².